The smallest absolute Gasteiger partial charge is 0.207 e. The van der Waals surface area contributed by atoms with Crippen LogP contribution in [0.1, 0.15) is 25.0 Å². The molecule has 4 heteroatoms. The van der Waals surface area contributed by atoms with E-state index in [1.807, 2.05) is 18.2 Å². The van der Waals surface area contributed by atoms with Crippen molar-refractivity contribution in [2.75, 3.05) is 19.4 Å². The summed E-state index contributed by atoms with van der Waals surface area (Å²) in [5, 5.41) is 3.44. The van der Waals surface area contributed by atoms with Crippen molar-refractivity contribution in [3.05, 3.63) is 42.2 Å². The third kappa shape index (κ3) is 2.81. The van der Waals surface area contributed by atoms with Gasteiger partial charge in [0.25, 0.3) is 0 Å². The number of aromatic nitrogens is 2. The van der Waals surface area contributed by atoms with Crippen LogP contribution in [0.3, 0.4) is 0 Å². The summed E-state index contributed by atoms with van der Waals surface area (Å²) in [5.41, 5.74) is 2.43. The molecule has 4 nitrogen and oxygen atoms in total. The number of rotatable bonds is 5. The molecule has 1 heterocycles. The maximum atomic E-state index is 4.64. The number of aryl methyl sites for hydroxylation is 1. The maximum Gasteiger partial charge on any atom is 0.207 e. The van der Waals surface area contributed by atoms with Crippen LogP contribution in [0.5, 0.6) is 0 Å². The molecule has 0 aliphatic heterocycles. The first-order chi connectivity index (χ1) is 10.1. The summed E-state index contributed by atoms with van der Waals surface area (Å²) >= 11 is 0. The van der Waals surface area contributed by atoms with Crippen LogP contribution in [0.25, 0.3) is 0 Å². The van der Waals surface area contributed by atoms with E-state index in [0.717, 1.165) is 23.9 Å². The third-order valence-corrected chi connectivity index (χ3v) is 4.62. The van der Waals surface area contributed by atoms with E-state index in [1.54, 1.807) is 0 Å². The molecule has 0 radical (unpaired) electrons. The highest BCUT2D eigenvalue weighted by Gasteiger charge is 2.39. The van der Waals surface area contributed by atoms with Crippen molar-refractivity contribution in [1.29, 1.82) is 0 Å². The van der Waals surface area contributed by atoms with Gasteiger partial charge < -0.3 is 14.8 Å². The normalized spacial score (nSPS) is 16.8. The molecule has 1 aromatic carbocycles. The molecular weight excluding hydrogens is 260 g/mol. The van der Waals surface area contributed by atoms with Gasteiger partial charge in [0.2, 0.25) is 5.95 Å². The van der Waals surface area contributed by atoms with Crippen molar-refractivity contribution in [3.8, 4) is 0 Å². The van der Waals surface area contributed by atoms with Gasteiger partial charge in [0, 0.05) is 24.0 Å². The molecule has 1 saturated carbocycles. The number of nitrogens with one attached hydrogen (secondary N) is 1. The van der Waals surface area contributed by atoms with E-state index in [1.165, 1.54) is 19.3 Å². The first-order valence-electron chi connectivity index (χ1n) is 7.62. The number of imidazole rings is 1. The molecule has 2 aromatic rings. The minimum atomic E-state index is 0.292. The number of anilines is 2. The van der Waals surface area contributed by atoms with E-state index in [4.69, 9.17) is 0 Å². The van der Waals surface area contributed by atoms with E-state index in [9.17, 15) is 0 Å². The molecule has 1 aromatic heterocycles. The molecular formula is C17H24N4. The second kappa shape index (κ2) is 5.53. The monoisotopic (exact) mass is 284 g/mol. The highest BCUT2D eigenvalue weighted by molar-refractivity contribution is 5.53. The van der Waals surface area contributed by atoms with Gasteiger partial charge in [-0.2, -0.15) is 0 Å². The van der Waals surface area contributed by atoms with Crippen LogP contribution in [0.15, 0.2) is 36.5 Å². The zero-order valence-electron chi connectivity index (χ0n) is 13.1. The number of likely N-dealkylation sites (N-methyl/N-ethyl adjacent to an activating group) is 1. The first kappa shape index (κ1) is 14.1. The van der Waals surface area contributed by atoms with Gasteiger partial charge in [-0.1, -0.05) is 18.2 Å². The second-order valence-corrected chi connectivity index (χ2v) is 6.30. The van der Waals surface area contributed by atoms with Gasteiger partial charge in [-0.3, -0.25) is 0 Å². The lowest BCUT2D eigenvalue weighted by atomic mass is 9.75. The van der Waals surface area contributed by atoms with Crippen LogP contribution in [-0.4, -0.2) is 34.1 Å². The fourth-order valence-corrected chi connectivity index (χ4v) is 3.07. The molecule has 0 bridgehead atoms. The Morgan fingerprint density at radius 2 is 1.95 bits per heavy atom. The fraction of sp³-hybridized carbons (Fsp3) is 0.471. The Morgan fingerprint density at radius 1 is 1.24 bits per heavy atom. The van der Waals surface area contributed by atoms with Crippen molar-refractivity contribution >= 4 is 11.6 Å². The largest absolute Gasteiger partial charge is 0.326 e. The summed E-state index contributed by atoms with van der Waals surface area (Å²) in [6.07, 6.45) is 6.01. The number of benzene rings is 1. The lowest BCUT2D eigenvalue weighted by Gasteiger charge is -2.47. The molecule has 1 fully saturated rings. The minimum absolute atomic E-state index is 0.292. The summed E-state index contributed by atoms with van der Waals surface area (Å²) in [5.74, 6) is 0.937. The van der Waals surface area contributed by atoms with Crippen molar-refractivity contribution in [2.24, 2.45) is 0 Å². The third-order valence-electron chi connectivity index (χ3n) is 4.62. The standard InChI is InChI=1S/C17H24N4/c1-14-12-21(13-17(20(2)3)10-7-11-17)16(18-14)19-15-8-5-4-6-9-15/h4-6,8-9,12H,7,10-11,13H2,1-3H3,(H,18,19). The van der Waals surface area contributed by atoms with Gasteiger partial charge in [-0.05, 0) is 52.4 Å². The lowest BCUT2D eigenvalue weighted by molar-refractivity contribution is 0.0429. The Bertz CT molecular complexity index is 597. The highest BCUT2D eigenvalue weighted by atomic mass is 15.3. The fourth-order valence-electron chi connectivity index (χ4n) is 3.07. The summed E-state index contributed by atoms with van der Waals surface area (Å²) in [6.45, 7) is 3.05. The first-order valence-corrected chi connectivity index (χ1v) is 7.62. The Morgan fingerprint density at radius 3 is 2.52 bits per heavy atom. The van der Waals surface area contributed by atoms with Gasteiger partial charge >= 0.3 is 0 Å². The van der Waals surface area contributed by atoms with Crippen LogP contribution in [-0.2, 0) is 6.54 Å². The van der Waals surface area contributed by atoms with Crippen molar-refractivity contribution < 1.29 is 0 Å². The van der Waals surface area contributed by atoms with Gasteiger partial charge in [0.1, 0.15) is 0 Å². The second-order valence-electron chi connectivity index (χ2n) is 6.30. The average Bonchev–Trinajstić information content (AvgIpc) is 2.74. The molecule has 1 N–H and O–H groups in total. The average molecular weight is 284 g/mol. The van der Waals surface area contributed by atoms with Crippen molar-refractivity contribution in [2.45, 2.75) is 38.3 Å². The molecule has 0 unspecified atom stereocenters. The topological polar surface area (TPSA) is 33.1 Å². The molecule has 112 valence electrons. The highest BCUT2D eigenvalue weighted by Crippen LogP contribution is 2.38. The predicted molar refractivity (Wildman–Crippen MR) is 87.0 cm³/mol. The number of hydrogen-bond acceptors (Lipinski definition) is 3. The summed E-state index contributed by atoms with van der Waals surface area (Å²) in [4.78, 5) is 7.01. The van der Waals surface area contributed by atoms with Crippen molar-refractivity contribution in [3.63, 3.8) is 0 Å². The van der Waals surface area contributed by atoms with Gasteiger partial charge in [0.05, 0.1) is 5.69 Å². The molecule has 1 aliphatic carbocycles. The van der Waals surface area contributed by atoms with Gasteiger partial charge in [-0.15, -0.1) is 0 Å². The Kier molecular flexibility index (Phi) is 3.72. The van der Waals surface area contributed by atoms with E-state index in [0.29, 0.717) is 5.54 Å². The quantitative estimate of drug-likeness (QED) is 0.913. The number of nitrogens with zero attached hydrogens (tertiary/aromatic N) is 3. The number of hydrogen-bond donors (Lipinski definition) is 1. The van der Waals surface area contributed by atoms with E-state index in [2.05, 4.69) is 59.1 Å². The predicted octanol–water partition coefficient (Wildman–Crippen LogP) is 3.42. The molecule has 0 atom stereocenters. The lowest BCUT2D eigenvalue weighted by Crippen LogP contribution is -2.53. The van der Waals surface area contributed by atoms with Crippen LogP contribution >= 0.6 is 0 Å². The Balaban J connectivity index is 1.83. The van der Waals surface area contributed by atoms with Gasteiger partial charge in [-0.25, -0.2) is 4.98 Å². The van der Waals surface area contributed by atoms with Gasteiger partial charge in [0.15, 0.2) is 0 Å². The molecule has 0 amide bonds. The van der Waals surface area contributed by atoms with E-state index in [-0.39, 0.29) is 0 Å². The van der Waals surface area contributed by atoms with Crippen molar-refractivity contribution in [1.82, 2.24) is 14.5 Å². The molecule has 21 heavy (non-hydrogen) atoms. The van der Waals surface area contributed by atoms with Crippen LogP contribution in [0, 0.1) is 6.92 Å². The molecule has 3 rings (SSSR count). The molecule has 0 spiro atoms. The number of para-hydroxylation sites is 1. The Labute approximate surface area is 126 Å². The molecule has 1 aliphatic rings. The SMILES string of the molecule is Cc1cn(CC2(N(C)C)CCC2)c(Nc2ccccc2)n1. The van der Waals surface area contributed by atoms with Crippen LogP contribution < -0.4 is 5.32 Å². The van der Waals surface area contributed by atoms with E-state index < -0.39 is 0 Å². The summed E-state index contributed by atoms with van der Waals surface area (Å²) in [6, 6.07) is 10.2. The van der Waals surface area contributed by atoms with E-state index >= 15 is 0 Å². The minimum Gasteiger partial charge on any atom is -0.326 e. The molecule has 0 saturated heterocycles. The van der Waals surface area contributed by atoms with Crippen LogP contribution in [0.2, 0.25) is 0 Å². The Hall–Kier alpha value is -1.81. The van der Waals surface area contributed by atoms with Crippen LogP contribution in [0.4, 0.5) is 11.6 Å². The maximum absolute atomic E-state index is 4.64. The zero-order valence-corrected chi connectivity index (χ0v) is 13.1. The summed E-state index contributed by atoms with van der Waals surface area (Å²) < 4.78 is 2.27. The summed E-state index contributed by atoms with van der Waals surface area (Å²) in [7, 11) is 4.38. The zero-order chi connectivity index (χ0) is 14.9.